The second-order valence-corrected chi connectivity index (χ2v) is 4.30. The van der Waals surface area contributed by atoms with Crippen molar-refractivity contribution in [1.82, 2.24) is 24.7 Å². The molecule has 3 heterocycles. The second kappa shape index (κ2) is 3.83. The predicted octanol–water partition coefficient (Wildman–Crippen LogP) is 1.59. The van der Waals surface area contributed by atoms with Crippen LogP contribution in [0.3, 0.4) is 0 Å². The van der Waals surface area contributed by atoms with Gasteiger partial charge in [-0.05, 0) is 41.5 Å². The van der Waals surface area contributed by atoms with Crippen LogP contribution in [0.15, 0.2) is 28.9 Å². The van der Waals surface area contributed by atoms with Crippen molar-refractivity contribution in [3.8, 4) is 11.4 Å². The number of nitrogens with zero attached hydrogens (tertiary/aromatic N) is 5. The van der Waals surface area contributed by atoms with Crippen LogP contribution in [0.1, 0.15) is 6.92 Å². The minimum absolute atomic E-state index is 0.294. The van der Waals surface area contributed by atoms with Crippen molar-refractivity contribution in [2.75, 3.05) is 0 Å². The highest BCUT2D eigenvalue weighted by molar-refractivity contribution is 5.77. The Kier molecular flexibility index (Phi) is 2.11. The smallest absolute Gasteiger partial charge is 0.244 e. The summed E-state index contributed by atoms with van der Waals surface area (Å²) in [6.45, 7) is 1.88. The third kappa shape index (κ3) is 1.37. The SMILES string of the molecule is C/C=c1\nc(-c2ccc(F)cc2)n2c1nc1nonc12. The van der Waals surface area contributed by atoms with Crippen LogP contribution < -0.4 is 5.35 Å². The van der Waals surface area contributed by atoms with Gasteiger partial charge in [-0.15, -0.1) is 0 Å². The summed E-state index contributed by atoms with van der Waals surface area (Å²) in [6, 6.07) is 6.10. The Morgan fingerprint density at radius 1 is 1.10 bits per heavy atom. The standard InChI is InChI=1S/C13H8FN5O/c1-2-9-12-16-10-13(18-20-17-10)19(12)11(15-9)7-3-5-8(14)6-4-7/h2-6H,1H3/b9-2-. The molecule has 0 aliphatic carbocycles. The molecule has 20 heavy (non-hydrogen) atoms. The molecule has 6 nitrogen and oxygen atoms in total. The maximum absolute atomic E-state index is 13.0. The van der Waals surface area contributed by atoms with Crippen LogP contribution >= 0.6 is 0 Å². The van der Waals surface area contributed by atoms with E-state index in [1.807, 2.05) is 13.0 Å². The van der Waals surface area contributed by atoms with Crippen molar-refractivity contribution in [3.63, 3.8) is 0 Å². The van der Waals surface area contributed by atoms with E-state index in [0.717, 1.165) is 10.9 Å². The van der Waals surface area contributed by atoms with Crippen LogP contribution in [-0.2, 0) is 0 Å². The quantitative estimate of drug-likeness (QED) is 0.525. The molecular formula is C13H8FN5O. The number of aromatic nitrogens is 5. The molecule has 4 aromatic rings. The molecule has 4 rings (SSSR count). The van der Waals surface area contributed by atoms with E-state index in [1.54, 1.807) is 16.5 Å². The van der Waals surface area contributed by atoms with E-state index in [4.69, 9.17) is 0 Å². The first-order chi connectivity index (χ1) is 9.78. The zero-order valence-corrected chi connectivity index (χ0v) is 10.4. The van der Waals surface area contributed by atoms with Gasteiger partial charge in [0.1, 0.15) is 17.0 Å². The Hall–Kier alpha value is -2.83. The van der Waals surface area contributed by atoms with E-state index >= 15 is 0 Å². The molecule has 0 unspecified atom stereocenters. The molecular weight excluding hydrogens is 261 g/mol. The Morgan fingerprint density at radius 3 is 2.65 bits per heavy atom. The summed E-state index contributed by atoms with van der Waals surface area (Å²) in [5.41, 5.74) is 2.35. The number of benzene rings is 1. The molecule has 98 valence electrons. The zero-order valence-electron chi connectivity index (χ0n) is 10.4. The van der Waals surface area contributed by atoms with Crippen LogP contribution in [0.4, 0.5) is 4.39 Å². The summed E-state index contributed by atoms with van der Waals surface area (Å²) in [7, 11) is 0. The first-order valence-electron chi connectivity index (χ1n) is 6.00. The molecule has 0 N–H and O–H groups in total. The highest BCUT2D eigenvalue weighted by atomic mass is 19.1. The van der Waals surface area contributed by atoms with Gasteiger partial charge in [-0.2, -0.15) is 0 Å². The lowest BCUT2D eigenvalue weighted by molar-refractivity contribution is 0.313. The van der Waals surface area contributed by atoms with E-state index in [2.05, 4.69) is 24.9 Å². The van der Waals surface area contributed by atoms with Crippen LogP contribution in [0, 0.1) is 5.82 Å². The molecule has 0 fully saturated rings. The van der Waals surface area contributed by atoms with Crippen LogP contribution in [0.25, 0.3) is 34.4 Å². The highest BCUT2D eigenvalue weighted by Gasteiger charge is 2.18. The summed E-state index contributed by atoms with van der Waals surface area (Å²) in [6.07, 6.45) is 1.85. The lowest BCUT2D eigenvalue weighted by atomic mass is 10.2. The normalized spacial score (nSPS) is 12.8. The van der Waals surface area contributed by atoms with Gasteiger partial charge in [0.25, 0.3) is 0 Å². The van der Waals surface area contributed by atoms with Crippen molar-refractivity contribution in [2.45, 2.75) is 6.92 Å². The average Bonchev–Trinajstić information content (AvgIpc) is 3.10. The van der Waals surface area contributed by atoms with Crippen molar-refractivity contribution in [1.29, 1.82) is 0 Å². The molecule has 0 aliphatic rings. The number of fused-ring (bicyclic) bond motifs is 3. The van der Waals surface area contributed by atoms with Gasteiger partial charge >= 0.3 is 0 Å². The Morgan fingerprint density at radius 2 is 1.90 bits per heavy atom. The van der Waals surface area contributed by atoms with Crippen molar-refractivity contribution in [2.24, 2.45) is 0 Å². The maximum Gasteiger partial charge on any atom is 0.244 e. The molecule has 3 aromatic heterocycles. The van der Waals surface area contributed by atoms with Gasteiger partial charge in [-0.1, -0.05) is 6.08 Å². The fraction of sp³-hybridized carbons (Fsp3) is 0.0769. The molecule has 0 radical (unpaired) electrons. The van der Waals surface area contributed by atoms with Gasteiger partial charge in [0, 0.05) is 5.56 Å². The molecule has 0 saturated heterocycles. The third-order valence-electron chi connectivity index (χ3n) is 3.13. The summed E-state index contributed by atoms with van der Waals surface area (Å²) in [4.78, 5) is 8.85. The predicted molar refractivity (Wildman–Crippen MR) is 69.1 cm³/mol. The molecule has 0 spiro atoms. The van der Waals surface area contributed by atoms with Crippen molar-refractivity contribution < 1.29 is 9.02 Å². The summed E-state index contributed by atoms with van der Waals surface area (Å²) in [5, 5.41) is 8.30. The monoisotopic (exact) mass is 269 g/mol. The van der Waals surface area contributed by atoms with Crippen molar-refractivity contribution in [3.05, 3.63) is 35.4 Å². The molecule has 1 aromatic carbocycles. The van der Waals surface area contributed by atoms with Gasteiger partial charge in [-0.3, -0.25) is 4.40 Å². The van der Waals surface area contributed by atoms with Crippen molar-refractivity contribution >= 4 is 23.0 Å². The third-order valence-corrected chi connectivity index (χ3v) is 3.13. The summed E-state index contributed by atoms with van der Waals surface area (Å²) < 4.78 is 19.5. The first kappa shape index (κ1) is 11.0. The topological polar surface area (TPSA) is 69.1 Å². The summed E-state index contributed by atoms with van der Waals surface area (Å²) >= 11 is 0. The van der Waals surface area contributed by atoms with Crippen LogP contribution in [-0.4, -0.2) is 24.7 Å². The zero-order chi connectivity index (χ0) is 13.7. The number of hydrogen-bond acceptors (Lipinski definition) is 5. The van der Waals surface area contributed by atoms with E-state index in [1.165, 1.54) is 12.1 Å². The first-order valence-corrected chi connectivity index (χ1v) is 6.00. The Bertz CT molecular complexity index is 970. The minimum atomic E-state index is -0.294. The summed E-state index contributed by atoms with van der Waals surface area (Å²) in [5.74, 6) is 0.337. The molecule has 0 bridgehead atoms. The van der Waals surface area contributed by atoms with E-state index in [0.29, 0.717) is 22.8 Å². The Labute approximate surface area is 111 Å². The van der Waals surface area contributed by atoms with E-state index in [-0.39, 0.29) is 5.82 Å². The molecule has 7 heteroatoms. The lowest BCUT2D eigenvalue weighted by Gasteiger charge is -1.97. The van der Waals surface area contributed by atoms with E-state index < -0.39 is 0 Å². The van der Waals surface area contributed by atoms with Gasteiger partial charge in [0.05, 0.1) is 0 Å². The second-order valence-electron chi connectivity index (χ2n) is 4.30. The number of hydrogen-bond donors (Lipinski definition) is 0. The van der Waals surface area contributed by atoms with Crippen LogP contribution in [0.5, 0.6) is 0 Å². The molecule has 0 atom stereocenters. The fourth-order valence-electron chi connectivity index (χ4n) is 2.21. The van der Waals surface area contributed by atoms with Crippen LogP contribution in [0.2, 0.25) is 0 Å². The van der Waals surface area contributed by atoms with Gasteiger partial charge < -0.3 is 0 Å². The Balaban J connectivity index is 2.14. The molecule has 0 aliphatic heterocycles. The average molecular weight is 269 g/mol. The highest BCUT2D eigenvalue weighted by Crippen LogP contribution is 2.21. The van der Waals surface area contributed by atoms with Gasteiger partial charge in [0.15, 0.2) is 5.65 Å². The van der Waals surface area contributed by atoms with Gasteiger partial charge in [0.2, 0.25) is 11.3 Å². The number of rotatable bonds is 1. The minimum Gasteiger partial charge on any atom is -0.254 e. The number of halogens is 1. The molecule has 0 amide bonds. The van der Waals surface area contributed by atoms with E-state index in [9.17, 15) is 4.39 Å². The largest absolute Gasteiger partial charge is 0.254 e. The lowest BCUT2D eigenvalue weighted by Crippen LogP contribution is -2.01. The fourth-order valence-corrected chi connectivity index (χ4v) is 2.21. The number of imidazole rings is 2. The van der Waals surface area contributed by atoms with Gasteiger partial charge in [-0.25, -0.2) is 19.0 Å². The maximum atomic E-state index is 13.0. The molecule has 0 saturated carbocycles.